The molecule has 6 heterocycles. The van der Waals surface area contributed by atoms with Crippen molar-refractivity contribution in [2.45, 2.75) is 25.5 Å². The number of fused-ring (bicyclic) bond motifs is 18. The minimum absolute atomic E-state index is 0.00612. The van der Waals surface area contributed by atoms with Gasteiger partial charge in [0.2, 0.25) is 11.1 Å². The Balaban J connectivity index is 0.000000149. The van der Waals surface area contributed by atoms with Gasteiger partial charge in [-0.25, -0.2) is 117 Å². The molecule has 17 rings (SSSR count). The fraction of sp³-hybridized carbons (Fsp3) is 0.0488. The zero-order chi connectivity index (χ0) is 86.7. The molecule has 578 valence electrons. The summed E-state index contributed by atoms with van der Waals surface area (Å²) >= 11 is 3.43. The van der Waals surface area contributed by atoms with Gasteiger partial charge in [-0.15, -0.1) is 45.3 Å². The molecular formula is C82H19F15N18O2S4. The number of alkyl halides is 9. The second-order valence-corrected chi connectivity index (χ2v) is 29.1. The van der Waals surface area contributed by atoms with Gasteiger partial charge in [-0.1, -0.05) is 36.4 Å². The summed E-state index contributed by atoms with van der Waals surface area (Å²) < 4.78 is 232. The van der Waals surface area contributed by atoms with Crippen LogP contribution in [-0.4, -0.2) is 29.9 Å². The van der Waals surface area contributed by atoms with Crippen LogP contribution in [0.1, 0.15) is 22.3 Å². The highest BCUT2D eigenvalue weighted by Crippen LogP contribution is 2.53. The van der Waals surface area contributed by atoms with Crippen LogP contribution in [0.15, 0.2) is 106 Å². The Morgan fingerprint density at radius 1 is 0.347 bits per heavy atom. The van der Waals surface area contributed by atoms with E-state index in [0.29, 0.717) is 44.1 Å². The monoisotopic (exact) mass is 1700 g/mol. The number of rotatable bonds is 2. The van der Waals surface area contributed by atoms with Crippen LogP contribution in [0.4, 0.5) is 65.9 Å². The maximum absolute atomic E-state index is 15.8. The van der Waals surface area contributed by atoms with E-state index >= 15 is 17.6 Å². The summed E-state index contributed by atoms with van der Waals surface area (Å²) in [6.07, 6.45) is -15.4. The van der Waals surface area contributed by atoms with Crippen molar-refractivity contribution in [1.29, 1.82) is 31.6 Å². The van der Waals surface area contributed by atoms with Crippen molar-refractivity contribution in [3.63, 3.8) is 0 Å². The lowest BCUT2D eigenvalue weighted by Gasteiger charge is -2.22. The van der Waals surface area contributed by atoms with Crippen molar-refractivity contribution in [3.8, 4) is 58.7 Å². The third-order valence-electron chi connectivity index (χ3n) is 18.6. The quantitative estimate of drug-likeness (QED) is 0.0884. The van der Waals surface area contributed by atoms with Crippen molar-refractivity contribution >= 4 is 207 Å². The molecule has 121 heavy (non-hydrogen) atoms. The standard InChI is InChI=1S/C38H13F9N6O2.C22F6N6S2.C22H6N6S2/c1-16-12-17(36(39,40)41)4-6-19(16)28-21-8-10-25-33(55-35(53-25)27(15-49)51-3)31(21)29(20-7-5-18(37(42,43)44)13-23(20)38(45,46)47)22-9-11-24-32(30(22)28)54-34(52-24)26(14-48)50-2;1-31-5(3-29)21-33-17-15(27)13(25)7-9(19(17)35-21)11(23)8-10(12(7)24)20-18(16(28)14(8)26)34-22(36-20)6(4-30)32-2;1-25-17(9-23)21-27-15-5-3-11-8-14-12(7-13(11)19(15)29-21)4-6-16-20(14)30-22(28-16)18(10-24)26-2/h4-13H,1H3;;3-8H/b34-26-,35-27+;21-5-,22-6+;21-17-,22-18+. The van der Waals surface area contributed by atoms with Crippen LogP contribution in [0.5, 0.6) is 0 Å². The molecule has 0 fully saturated rings. The number of oxazole rings is 2. The Bertz CT molecular complexity index is 8340. The Morgan fingerprint density at radius 2 is 0.694 bits per heavy atom. The average molecular weight is 1700 g/mol. The van der Waals surface area contributed by atoms with E-state index in [1.54, 1.807) is 12.1 Å². The number of aryl methyl sites for hydroxylation is 1. The Kier molecular flexibility index (Phi) is 19.6. The summed E-state index contributed by atoms with van der Waals surface area (Å²) in [6.45, 7) is 44.4. The number of thiazole rings is 4. The smallest absolute Gasteiger partial charge is 0.417 e. The third-order valence-corrected chi connectivity index (χ3v) is 23.0. The fourth-order valence-corrected chi connectivity index (χ4v) is 17.6. The molecule has 0 aliphatic rings. The molecule has 0 aliphatic heterocycles. The van der Waals surface area contributed by atoms with E-state index < -0.39 is 166 Å². The van der Waals surface area contributed by atoms with Crippen LogP contribution >= 0.6 is 45.3 Å². The molecule has 0 N–H and O–H groups in total. The predicted octanol–water partition coefficient (Wildman–Crippen LogP) is 19.5. The van der Waals surface area contributed by atoms with Gasteiger partial charge in [-0.3, -0.25) is 0 Å². The SMILES string of the molecule is [C-]#[N+]/C(C#N)=c1/nc2c(F)c(F)c3c(F)c4c(c(F)c(F)c5n/c(=C(/C#N)[N+]#[C-])sc54)c(F)c3c2s1.[C-]#[N+]/C(C#N)=c1/nc2ccc3c(-c4ccc(C(F)(F)F)cc4C(F)(F)F)c4c(ccc5n/c(=C(/C#N)[N+]#[C-])oc54)c(-c4ccc(C(F)(F)F)cc4C)c3c2o1.[C-]#[N+]/C(C#N)=c1/nc2ccc3cc4c(ccc5n/c(=C(/C#N)[N+]#[C-])sc54)cc3c2s1. The van der Waals surface area contributed by atoms with Gasteiger partial charge < -0.3 is 8.83 Å². The number of nitrogens with zero attached hydrogens (tertiary/aromatic N) is 18. The van der Waals surface area contributed by atoms with Gasteiger partial charge in [0, 0.05) is 43.4 Å². The molecule has 17 aromatic rings. The van der Waals surface area contributed by atoms with Crippen molar-refractivity contribution in [3.05, 3.63) is 252 Å². The number of benzene rings is 11. The normalized spacial score (nSPS) is 13.2. The first kappa shape index (κ1) is 79.7. The largest absolute Gasteiger partial charge is 0.445 e. The Hall–Kier alpha value is -16.5. The van der Waals surface area contributed by atoms with Gasteiger partial charge in [0.05, 0.1) is 133 Å². The Morgan fingerprint density at radius 3 is 1.05 bits per heavy atom. The second-order valence-electron chi connectivity index (χ2n) is 25.1. The maximum atomic E-state index is 15.8. The second kappa shape index (κ2) is 29.7. The highest BCUT2D eigenvalue weighted by molar-refractivity contribution is 7.19. The molecule has 6 aromatic heterocycles. The van der Waals surface area contributed by atoms with E-state index in [2.05, 4.69) is 71.1 Å². The van der Waals surface area contributed by atoms with E-state index in [1.165, 1.54) is 66.0 Å². The lowest BCUT2D eigenvalue weighted by Crippen LogP contribution is -2.12. The molecule has 0 saturated heterocycles. The van der Waals surface area contributed by atoms with Crippen LogP contribution in [0, 0.1) is 149 Å². The fourth-order valence-electron chi connectivity index (χ4n) is 13.5. The molecule has 0 atom stereocenters. The molecule has 0 amide bonds. The number of halogens is 15. The molecular weight excluding hydrogens is 1680 g/mol. The van der Waals surface area contributed by atoms with E-state index in [0.717, 1.165) is 60.2 Å². The van der Waals surface area contributed by atoms with E-state index in [4.69, 9.17) is 69.3 Å². The summed E-state index contributed by atoms with van der Waals surface area (Å²) in [7, 11) is 0. The Labute approximate surface area is 676 Å². The first-order valence-corrected chi connectivity index (χ1v) is 36.3. The van der Waals surface area contributed by atoms with Crippen LogP contribution < -0.4 is 29.7 Å². The highest BCUT2D eigenvalue weighted by atomic mass is 32.1. The summed E-state index contributed by atoms with van der Waals surface area (Å²) in [5.74, 6) is -10.5. The molecule has 0 bridgehead atoms. The van der Waals surface area contributed by atoms with E-state index in [9.17, 15) is 58.8 Å². The number of nitriles is 6. The topological polar surface area (TPSA) is 273 Å². The molecule has 0 spiro atoms. The van der Waals surface area contributed by atoms with Gasteiger partial charge in [0.25, 0.3) is 22.8 Å². The van der Waals surface area contributed by atoms with Crippen LogP contribution in [0.25, 0.3) is 213 Å². The van der Waals surface area contributed by atoms with Gasteiger partial charge in [-0.05, 0) is 106 Å². The molecule has 11 aromatic carbocycles. The molecule has 0 radical (unpaired) electrons. The number of hydrogen-bond donors (Lipinski definition) is 0. The summed E-state index contributed by atoms with van der Waals surface area (Å²) in [5, 5.41) is 54.6. The van der Waals surface area contributed by atoms with Crippen LogP contribution in [-0.2, 0) is 18.5 Å². The van der Waals surface area contributed by atoms with Crippen molar-refractivity contribution < 1.29 is 74.7 Å². The maximum Gasteiger partial charge on any atom is 0.417 e. The van der Waals surface area contributed by atoms with Gasteiger partial charge >= 0.3 is 29.9 Å². The first-order chi connectivity index (χ1) is 57.8. The van der Waals surface area contributed by atoms with Crippen molar-refractivity contribution in [2.75, 3.05) is 0 Å². The van der Waals surface area contributed by atoms with Gasteiger partial charge in [0.15, 0.2) is 34.4 Å². The van der Waals surface area contributed by atoms with Crippen LogP contribution in [0.3, 0.4) is 0 Å². The van der Waals surface area contributed by atoms with Crippen LogP contribution in [0.2, 0.25) is 0 Å². The molecule has 0 saturated carbocycles. The van der Waals surface area contributed by atoms with Gasteiger partial charge in [-0.2, -0.15) is 39.5 Å². The molecule has 0 aliphatic carbocycles. The molecule has 20 nitrogen and oxygen atoms in total. The first-order valence-electron chi connectivity index (χ1n) is 33.0. The minimum Gasteiger partial charge on any atom is -0.445 e. The predicted molar refractivity (Wildman–Crippen MR) is 414 cm³/mol. The van der Waals surface area contributed by atoms with E-state index in [-0.39, 0.29) is 77.9 Å². The minimum atomic E-state index is -5.40. The lowest BCUT2D eigenvalue weighted by molar-refractivity contribution is -0.143. The summed E-state index contributed by atoms with van der Waals surface area (Å²) in [4.78, 5) is 43.0. The lowest BCUT2D eigenvalue weighted by atomic mass is 9.82. The number of hydrogen-bond acceptors (Lipinski definition) is 18. The van der Waals surface area contributed by atoms with Crippen molar-refractivity contribution in [2.24, 2.45) is 0 Å². The number of aromatic nitrogens is 6. The highest BCUT2D eigenvalue weighted by Gasteiger charge is 2.41. The average Bonchev–Trinajstić information content (AvgIpc) is 1.69. The van der Waals surface area contributed by atoms with Gasteiger partial charge in [0.1, 0.15) is 52.4 Å². The zero-order valence-corrected chi connectivity index (χ0v) is 62.2. The molecule has 0 unspecified atom stereocenters. The molecule has 39 heteroatoms. The van der Waals surface area contributed by atoms with E-state index in [1.807, 2.05) is 36.4 Å². The summed E-state index contributed by atoms with van der Waals surface area (Å²) in [6, 6.07) is 30.7. The van der Waals surface area contributed by atoms with Crippen molar-refractivity contribution in [1.82, 2.24) is 29.9 Å². The zero-order valence-electron chi connectivity index (χ0n) is 58.9. The third kappa shape index (κ3) is 12.9. The summed E-state index contributed by atoms with van der Waals surface area (Å²) in [5.41, 5.74) is -9.81.